The first-order valence-electron chi connectivity index (χ1n) is 7.87. The number of esters is 1. The van der Waals surface area contributed by atoms with E-state index in [1.165, 1.54) is 6.07 Å². The highest BCUT2D eigenvalue weighted by molar-refractivity contribution is 5.89. The second-order valence-corrected chi connectivity index (χ2v) is 6.54. The molecule has 0 amide bonds. The number of methoxy groups -OCH3 is 1. The van der Waals surface area contributed by atoms with Gasteiger partial charge < -0.3 is 9.84 Å². The van der Waals surface area contributed by atoms with Crippen LogP contribution in [-0.4, -0.2) is 24.4 Å². The summed E-state index contributed by atoms with van der Waals surface area (Å²) in [6, 6.07) is 6.56. The van der Waals surface area contributed by atoms with E-state index in [1.54, 1.807) is 26.0 Å². The number of hydrogen-bond acceptors (Lipinski definition) is 3. The van der Waals surface area contributed by atoms with Crippen molar-refractivity contribution in [1.29, 1.82) is 0 Å². The van der Waals surface area contributed by atoms with E-state index in [4.69, 9.17) is 0 Å². The fraction of sp³-hybridized carbons (Fsp3) is 0.421. The number of aryl methyl sites for hydroxylation is 2. The van der Waals surface area contributed by atoms with Crippen LogP contribution in [0.1, 0.15) is 42.0 Å². The third kappa shape index (κ3) is 2.99. The summed E-state index contributed by atoms with van der Waals surface area (Å²) in [7, 11) is 0.820. The van der Waals surface area contributed by atoms with Crippen molar-refractivity contribution in [3.05, 3.63) is 46.5 Å². The minimum atomic E-state index is -5.21. The van der Waals surface area contributed by atoms with Crippen LogP contribution in [0.25, 0.3) is 11.1 Å². The number of carbonyl (C=O) groups excluding carboxylic acids is 1. The molecule has 0 saturated heterocycles. The van der Waals surface area contributed by atoms with Crippen LogP contribution in [-0.2, 0) is 15.1 Å². The Hall–Kier alpha value is -2.08. The van der Waals surface area contributed by atoms with E-state index in [1.807, 2.05) is 19.9 Å². The van der Waals surface area contributed by atoms with Crippen molar-refractivity contribution in [1.82, 2.24) is 0 Å². The Balaban J connectivity index is 2.88. The van der Waals surface area contributed by atoms with Gasteiger partial charge >= 0.3 is 12.1 Å². The molecule has 25 heavy (non-hydrogen) atoms. The van der Waals surface area contributed by atoms with Gasteiger partial charge in [-0.05, 0) is 47.6 Å². The predicted molar refractivity (Wildman–Crippen MR) is 88.6 cm³/mol. The molecule has 3 nitrogen and oxygen atoms in total. The lowest BCUT2D eigenvalue weighted by atomic mass is 9.89. The zero-order chi connectivity index (χ0) is 19.2. The zero-order valence-electron chi connectivity index (χ0n) is 14.8. The van der Waals surface area contributed by atoms with Crippen LogP contribution in [0.15, 0.2) is 24.3 Å². The number of rotatable bonds is 3. The predicted octanol–water partition coefficient (Wildman–Crippen LogP) is 4.45. The van der Waals surface area contributed by atoms with E-state index in [2.05, 4.69) is 4.74 Å². The zero-order valence-corrected chi connectivity index (χ0v) is 14.8. The molecule has 2 rings (SSSR count). The summed E-state index contributed by atoms with van der Waals surface area (Å²) >= 11 is 0. The average molecular weight is 354 g/mol. The SMILES string of the molecule is COC(=O)C(O)(c1cc(C)c2cc(C(C)C)ccc(C)c1-2)C(F)(F)F. The van der Waals surface area contributed by atoms with Gasteiger partial charge in [-0.1, -0.05) is 38.1 Å². The largest absolute Gasteiger partial charge is 0.466 e. The van der Waals surface area contributed by atoms with Crippen LogP contribution >= 0.6 is 0 Å². The van der Waals surface area contributed by atoms with Gasteiger partial charge in [-0.25, -0.2) is 4.79 Å². The maximum absolute atomic E-state index is 13.6. The molecule has 0 aromatic heterocycles. The highest BCUT2D eigenvalue weighted by atomic mass is 19.4. The Labute approximate surface area is 144 Å². The van der Waals surface area contributed by atoms with Gasteiger partial charge in [-0.3, -0.25) is 0 Å². The highest BCUT2D eigenvalue weighted by Gasteiger charge is 2.63. The minimum absolute atomic E-state index is 0.176. The molecule has 136 valence electrons. The van der Waals surface area contributed by atoms with E-state index >= 15 is 0 Å². The summed E-state index contributed by atoms with van der Waals surface area (Å²) in [5.41, 5.74) is -1.38. The van der Waals surface area contributed by atoms with Crippen LogP contribution in [0.4, 0.5) is 13.2 Å². The van der Waals surface area contributed by atoms with Crippen LogP contribution in [0.3, 0.4) is 0 Å². The fourth-order valence-electron chi connectivity index (χ4n) is 3.01. The molecule has 0 aromatic rings. The van der Waals surface area contributed by atoms with Gasteiger partial charge in [-0.15, -0.1) is 0 Å². The third-order valence-corrected chi connectivity index (χ3v) is 4.50. The van der Waals surface area contributed by atoms with Gasteiger partial charge in [0.15, 0.2) is 0 Å². The second-order valence-electron chi connectivity index (χ2n) is 6.54. The molecule has 0 radical (unpaired) electrons. The lowest BCUT2D eigenvalue weighted by Gasteiger charge is -2.28. The Morgan fingerprint density at radius 3 is 2.20 bits per heavy atom. The molecule has 0 aromatic carbocycles. The van der Waals surface area contributed by atoms with Crippen LogP contribution in [0.5, 0.6) is 0 Å². The number of halogens is 3. The molecule has 1 unspecified atom stereocenters. The Bertz CT molecular complexity index is 780. The van der Waals surface area contributed by atoms with Crippen molar-refractivity contribution < 1.29 is 27.8 Å². The molecule has 6 heteroatoms. The molecular weight excluding hydrogens is 333 g/mol. The van der Waals surface area contributed by atoms with Gasteiger partial charge in [0.25, 0.3) is 5.60 Å². The summed E-state index contributed by atoms with van der Waals surface area (Å²) in [5, 5.41) is 10.4. The number of ether oxygens (including phenoxy) is 1. The van der Waals surface area contributed by atoms with Crippen LogP contribution in [0, 0.1) is 13.8 Å². The van der Waals surface area contributed by atoms with Crippen molar-refractivity contribution in [2.24, 2.45) is 0 Å². The number of fused-ring (bicyclic) bond motifs is 1. The monoisotopic (exact) mass is 354 g/mol. The lowest BCUT2D eigenvalue weighted by molar-refractivity contribution is -0.266. The van der Waals surface area contributed by atoms with E-state index in [9.17, 15) is 23.1 Å². The van der Waals surface area contributed by atoms with Gasteiger partial charge in [-0.2, -0.15) is 13.2 Å². The fourth-order valence-corrected chi connectivity index (χ4v) is 3.01. The maximum atomic E-state index is 13.6. The molecule has 0 heterocycles. The maximum Gasteiger partial charge on any atom is 0.432 e. The first kappa shape index (κ1) is 19.2. The van der Waals surface area contributed by atoms with Crippen molar-refractivity contribution in [2.45, 2.75) is 45.4 Å². The summed E-state index contributed by atoms with van der Waals surface area (Å²) in [5.74, 6) is -1.57. The molecule has 0 aliphatic heterocycles. The van der Waals surface area contributed by atoms with Crippen molar-refractivity contribution in [3.63, 3.8) is 0 Å². The molecule has 1 N–H and O–H groups in total. The molecule has 0 fully saturated rings. The van der Waals surface area contributed by atoms with Crippen LogP contribution < -0.4 is 0 Å². The van der Waals surface area contributed by atoms with E-state index < -0.39 is 23.3 Å². The molecule has 0 saturated carbocycles. The van der Waals surface area contributed by atoms with E-state index in [-0.39, 0.29) is 11.5 Å². The van der Waals surface area contributed by atoms with E-state index in [0.717, 1.165) is 12.7 Å². The molecule has 0 spiro atoms. The Kier molecular flexibility index (Phi) is 4.88. The van der Waals surface area contributed by atoms with Gasteiger partial charge in [0, 0.05) is 5.56 Å². The number of aliphatic hydroxyl groups is 1. The minimum Gasteiger partial charge on any atom is -0.466 e. The standard InChI is InChI=1S/C19H21F3O3/c1-10(2)13-7-6-11(3)16-14(9-13)12(4)8-15(16)18(24,17(23)25-5)19(20,21)22/h6-10,24H,1-5H3. The van der Waals surface area contributed by atoms with Crippen molar-refractivity contribution in [2.75, 3.05) is 7.11 Å². The second kappa shape index (κ2) is 6.33. The molecular formula is C19H21F3O3. The quantitative estimate of drug-likeness (QED) is 0.828. The molecule has 1 atom stereocenters. The van der Waals surface area contributed by atoms with Gasteiger partial charge in [0.1, 0.15) is 0 Å². The molecule has 2 aliphatic carbocycles. The highest BCUT2D eigenvalue weighted by Crippen LogP contribution is 2.47. The third-order valence-electron chi connectivity index (χ3n) is 4.50. The molecule has 2 aliphatic rings. The van der Waals surface area contributed by atoms with Gasteiger partial charge in [0.05, 0.1) is 7.11 Å². The van der Waals surface area contributed by atoms with Crippen molar-refractivity contribution >= 4 is 5.97 Å². The molecule has 0 bridgehead atoms. The first-order valence-corrected chi connectivity index (χ1v) is 7.87. The first-order chi connectivity index (χ1) is 11.4. The van der Waals surface area contributed by atoms with Crippen LogP contribution in [0.2, 0.25) is 0 Å². The number of hydrogen-bond donors (Lipinski definition) is 1. The summed E-state index contributed by atoms with van der Waals surface area (Å²) < 4.78 is 45.2. The topological polar surface area (TPSA) is 46.5 Å². The Morgan fingerprint density at radius 2 is 1.72 bits per heavy atom. The Morgan fingerprint density at radius 1 is 1.12 bits per heavy atom. The lowest BCUT2D eigenvalue weighted by Crippen LogP contribution is -2.49. The normalized spacial score (nSPS) is 14.6. The van der Waals surface area contributed by atoms with Gasteiger partial charge in [0.2, 0.25) is 0 Å². The van der Waals surface area contributed by atoms with E-state index in [0.29, 0.717) is 16.7 Å². The average Bonchev–Trinajstić information content (AvgIpc) is 2.73. The smallest absolute Gasteiger partial charge is 0.432 e. The number of alkyl halides is 3. The summed E-state index contributed by atoms with van der Waals surface area (Å²) in [6.45, 7) is 7.28. The number of carbonyl (C=O) groups is 1. The van der Waals surface area contributed by atoms with Crippen molar-refractivity contribution in [3.8, 4) is 11.1 Å². The summed E-state index contributed by atoms with van der Waals surface area (Å²) in [6.07, 6.45) is -5.21. The summed E-state index contributed by atoms with van der Waals surface area (Å²) in [4.78, 5) is 11.9.